The number of unbranched alkanes of at least 4 members (excludes halogenated alkanes) is 10. The molecule has 0 unspecified atom stereocenters. The average Bonchev–Trinajstić information content (AvgIpc) is 2.95. The fraction of sp³-hybridized carbons (Fsp3) is 0.919. The Morgan fingerprint density at radius 2 is 0.738 bits per heavy atom. The third kappa shape index (κ3) is 45.6. The van der Waals surface area contributed by atoms with Crippen LogP contribution in [0.3, 0.4) is 0 Å². The van der Waals surface area contributed by atoms with Crippen molar-refractivity contribution in [3.05, 3.63) is 0 Å². The average molecular weight is 597 g/mol. The Balaban J connectivity index is -0.000000545. The third-order valence-corrected chi connectivity index (χ3v) is 7.33. The van der Waals surface area contributed by atoms with Crippen LogP contribution in [-0.2, 0) is 14.4 Å². The molecule has 0 heterocycles. The van der Waals surface area contributed by atoms with E-state index < -0.39 is 0 Å². The van der Waals surface area contributed by atoms with E-state index in [-0.39, 0.29) is 11.8 Å². The van der Waals surface area contributed by atoms with Gasteiger partial charge in [0.15, 0.2) is 0 Å². The molecule has 2 N–H and O–H groups in total. The number of carbonyl (C=O) groups is 3. The number of nitrogens with one attached hydrogen (secondary N) is 2. The minimum absolute atomic E-state index is 0.170. The Hall–Kier alpha value is -1.39. The van der Waals surface area contributed by atoms with Crippen LogP contribution in [0.4, 0.5) is 0 Å². The Morgan fingerprint density at radius 3 is 1.07 bits per heavy atom. The third-order valence-electron chi connectivity index (χ3n) is 7.33. The van der Waals surface area contributed by atoms with Crippen LogP contribution in [-0.4, -0.2) is 30.7 Å². The molecule has 0 aliphatic rings. The van der Waals surface area contributed by atoms with Crippen LogP contribution < -0.4 is 10.6 Å². The summed E-state index contributed by atoms with van der Waals surface area (Å²) in [6.45, 7) is 21.0. The van der Waals surface area contributed by atoms with Crippen molar-refractivity contribution in [2.75, 3.05) is 13.1 Å². The molecule has 5 heteroatoms. The Kier molecular flexibility index (Phi) is 38.4. The first-order chi connectivity index (χ1) is 20.0. The highest BCUT2D eigenvalue weighted by Crippen LogP contribution is 2.12. The van der Waals surface area contributed by atoms with E-state index in [0.717, 1.165) is 56.5 Å². The predicted molar refractivity (Wildman–Crippen MR) is 185 cm³/mol. The van der Waals surface area contributed by atoms with Gasteiger partial charge in [-0.15, -0.1) is 0 Å². The molecule has 0 saturated heterocycles. The summed E-state index contributed by atoms with van der Waals surface area (Å²) in [5.41, 5.74) is 0. The van der Waals surface area contributed by atoms with E-state index in [9.17, 15) is 14.4 Å². The summed E-state index contributed by atoms with van der Waals surface area (Å²) in [6.07, 6.45) is 23.2. The summed E-state index contributed by atoms with van der Waals surface area (Å²) in [7, 11) is 0. The lowest BCUT2D eigenvalue weighted by Crippen LogP contribution is -2.23. The summed E-state index contributed by atoms with van der Waals surface area (Å²) >= 11 is 0. The van der Waals surface area contributed by atoms with Gasteiger partial charge in [-0.2, -0.15) is 0 Å². The molecule has 0 aliphatic heterocycles. The summed E-state index contributed by atoms with van der Waals surface area (Å²) in [5, 5.41) is 5.78. The molecule has 0 bridgehead atoms. The molecule has 42 heavy (non-hydrogen) atoms. The van der Waals surface area contributed by atoms with E-state index in [0.29, 0.717) is 25.0 Å². The maximum absolute atomic E-state index is 11.0. The fourth-order valence-corrected chi connectivity index (χ4v) is 4.35. The van der Waals surface area contributed by atoms with Gasteiger partial charge in [-0.1, -0.05) is 146 Å². The van der Waals surface area contributed by atoms with E-state index in [1.807, 2.05) is 20.8 Å². The fourth-order valence-electron chi connectivity index (χ4n) is 4.35. The zero-order valence-corrected chi connectivity index (χ0v) is 30.0. The Bertz CT molecular complexity index is 588. The lowest BCUT2D eigenvalue weighted by molar-refractivity contribution is -0.121. The number of carbonyl (C=O) groups excluding carboxylic acids is 3. The van der Waals surface area contributed by atoms with Crippen LogP contribution in [0, 0.1) is 17.8 Å². The number of ketones is 1. The molecule has 0 aliphatic carbocycles. The van der Waals surface area contributed by atoms with Crippen molar-refractivity contribution in [3.8, 4) is 0 Å². The first kappa shape index (κ1) is 45.0. The monoisotopic (exact) mass is 597 g/mol. The summed E-state index contributed by atoms with van der Waals surface area (Å²) < 4.78 is 0. The lowest BCUT2D eigenvalue weighted by Gasteiger charge is -2.05. The van der Waals surface area contributed by atoms with E-state index in [1.165, 1.54) is 83.5 Å². The van der Waals surface area contributed by atoms with Crippen molar-refractivity contribution in [3.63, 3.8) is 0 Å². The molecule has 0 rings (SSSR count). The molecule has 0 aromatic carbocycles. The molecule has 0 atom stereocenters. The van der Waals surface area contributed by atoms with E-state index >= 15 is 0 Å². The van der Waals surface area contributed by atoms with Gasteiger partial charge in [0.2, 0.25) is 11.8 Å². The normalized spacial score (nSPS) is 10.7. The zero-order chi connectivity index (χ0) is 32.4. The SMILES string of the molecule is CCC(=O)CCCCCCCC(C)C.CCC(=O)NCCCCCC(C)C.CCC(=O)NCCCCCCCC(C)C. The molecule has 252 valence electrons. The summed E-state index contributed by atoms with van der Waals surface area (Å²) in [5.74, 6) is 3.27. The van der Waals surface area contributed by atoms with Crippen LogP contribution in [0.25, 0.3) is 0 Å². The molecule has 0 radical (unpaired) electrons. The van der Waals surface area contributed by atoms with Gasteiger partial charge in [0.05, 0.1) is 0 Å². The maximum atomic E-state index is 11.0. The minimum Gasteiger partial charge on any atom is -0.356 e. The van der Waals surface area contributed by atoms with E-state index in [2.05, 4.69) is 52.2 Å². The number of Topliss-reactive ketones (excluding diaryl/α,β-unsaturated/α-hetero) is 1. The predicted octanol–water partition coefficient (Wildman–Crippen LogP) is 10.6. The van der Waals surface area contributed by atoms with Crippen molar-refractivity contribution in [1.29, 1.82) is 0 Å². The first-order valence-electron chi connectivity index (χ1n) is 18.0. The topological polar surface area (TPSA) is 75.3 Å². The highest BCUT2D eigenvalue weighted by atomic mass is 16.2. The number of amides is 2. The van der Waals surface area contributed by atoms with Gasteiger partial charge in [-0.3, -0.25) is 14.4 Å². The van der Waals surface area contributed by atoms with Crippen LogP contribution in [0.2, 0.25) is 0 Å². The van der Waals surface area contributed by atoms with Crippen LogP contribution in [0.5, 0.6) is 0 Å². The second-order valence-electron chi connectivity index (χ2n) is 13.2. The lowest BCUT2D eigenvalue weighted by atomic mass is 10.0. The van der Waals surface area contributed by atoms with Gasteiger partial charge in [0.1, 0.15) is 5.78 Å². The Morgan fingerprint density at radius 1 is 0.429 bits per heavy atom. The molecular formula is C37H76N2O3. The second-order valence-corrected chi connectivity index (χ2v) is 13.2. The van der Waals surface area contributed by atoms with Crippen molar-refractivity contribution in [2.45, 2.75) is 191 Å². The highest BCUT2D eigenvalue weighted by molar-refractivity contribution is 5.77. The van der Waals surface area contributed by atoms with Gasteiger partial charge < -0.3 is 10.6 Å². The van der Waals surface area contributed by atoms with Gasteiger partial charge in [0, 0.05) is 38.8 Å². The van der Waals surface area contributed by atoms with Crippen LogP contribution in [0.1, 0.15) is 191 Å². The smallest absolute Gasteiger partial charge is 0.219 e. The largest absolute Gasteiger partial charge is 0.356 e. The molecule has 0 spiro atoms. The molecular weight excluding hydrogens is 520 g/mol. The molecule has 2 amide bonds. The van der Waals surface area contributed by atoms with Crippen molar-refractivity contribution in [1.82, 2.24) is 10.6 Å². The number of rotatable bonds is 25. The molecule has 0 aromatic heterocycles. The summed E-state index contributed by atoms with van der Waals surface area (Å²) in [6, 6.07) is 0. The van der Waals surface area contributed by atoms with Gasteiger partial charge in [-0.25, -0.2) is 0 Å². The number of hydrogen-bond acceptors (Lipinski definition) is 3. The van der Waals surface area contributed by atoms with Crippen molar-refractivity contribution >= 4 is 17.6 Å². The molecule has 0 saturated carbocycles. The van der Waals surface area contributed by atoms with E-state index in [1.54, 1.807) is 0 Å². The van der Waals surface area contributed by atoms with Crippen LogP contribution in [0.15, 0.2) is 0 Å². The number of hydrogen-bond donors (Lipinski definition) is 2. The quantitative estimate of drug-likeness (QED) is 0.103. The Labute approximate surface area is 263 Å². The van der Waals surface area contributed by atoms with Crippen molar-refractivity contribution in [2.24, 2.45) is 17.8 Å². The second kappa shape index (κ2) is 35.8. The minimum atomic E-state index is 0.170. The highest BCUT2D eigenvalue weighted by Gasteiger charge is 1.99. The molecule has 0 fully saturated rings. The van der Waals surface area contributed by atoms with Crippen LogP contribution >= 0.6 is 0 Å². The van der Waals surface area contributed by atoms with Crippen molar-refractivity contribution < 1.29 is 14.4 Å². The first-order valence-corrected chi connectivity index (χ1v) is 18.0. The maximum Gasteiger partial charge on any atom is 0.219 e. The van der Waals surface area contributed by atoms with Gasteiger partial charge in [-0.05, 0) is 37.0 Å². The molecule has 5 nitrogen and oxygen atoms in total. The standard InChI is InChI=1S/C13H27NO.C13H26O.C11H23NO/c1-4-13(15)14-11-9-7-5-6-8-10-12(2)3;1-4-13(14)11-9-7-5-6-8-10-12(2)3;1-4-11(13)12-9-7-5-6-8-10(2)3/h12H,4-11H2,1-3H3,(H,14,15);12H,4-11H2,1-3H3;10H,4-9H2,1-3H3,(H,12,13). The zero-order valence-electron chi connectivity index (χ0n) is 30.0. The van der Waals surface area contributed by atoms with Gasteiger partial charge in [0.25, 0.3) is 0 Å². The van der Waals surface area contributed by atoms with Gasteiger partial charge >= 0.3 is 0 Å². The molecule has 0 aromatic rings. The summed E-state index contributed by atoms with van der Waals surface area (Å²) in [4.78, 5) is 32.7. The van der Waals surface area contributed by atoms with E-state index in [4.69, 9.17) is 0 Å².